The van der Waals surface area contributed by atoms with Crippen molar-refractivity contribution in [2.75, 3.05) is 6.54 Å². The molecule has 0 saturated heterocycles. The van der Waals surface area contributed by atoms with Crippen LogP contribution < -0.4 is 10.9 Å². The summed E-state index contributed by atoms with van der Waals surface area (Å²) in [5, 5.41) is 5.17. The molecule has 0 aliphatic rings. The summed E-state index contributed by atoms with van der Waals surface area (Å²) in [5.41, 5.74) is 2.94. The first-order chi connectivity index (χ1) is 17.1. The number of fused-ring (bicyclic) bond motifs is 3. The van der Waals surface area contributed by atoms with Gasteiger partial charge in [-0.05, 0) is 40.1 Å². The molecule has 172 valence electrons. The first kappa shape index (κ1) is 22.1. The Hall–Kier alpha value is -4.71. The lowest BCUT2D eigenvalue weighted by molar-refractivity contribution is -0.143. The van der Waals surface area contributed by atoms with E-state index in [0.29, 0.717) is 16.7 Å². The number of esters is 1. The van der Waals surface area contributed by atoms with E-state index in [-0.39, 0.29) is 19.1 Å². The van der Waals surface area contributed by atoms with Crippen molar-refractivity contribution in [3.05, 3.63) is 119 Å². The van der Waals surface area contributed by atoms with E-state index < -0.39 is 11.6 Å². The number of benzene rings is 4. The Morgan fingerprint density at radius 3 is 2.31 bits per heavy atom. The molecule has 5 aromatic rings. The number of hydrogen-bond acceptors (Lipinski definition) is 5. The topological polar surface area (TPSA) is 85.6 Å². The monoisotopic (exact) mass is 463 g/mol. The smallest absolute Gasteiger partial charge is 0.336 e. The summed E-state index contributed by atoms with van der Waals surface area (Å²) >= 11 is 0. The summed E-state index contributed by atoms with van der Waals surface area (Å²) in [6, 6.07) is 29.6. The number of rotatable bonds is 6. The summed E-state index contributed by atoms with van der Waals surface area (Å²) in [5.74, 6) is -0.987. The van der Waals surface area contributed by atoms with Crippen LogP contribution in [0.3, 0.4) is 0 Å². The van der Waals surface area contributed by atoms with E-state index in [2.05, 4.69) is 5.32 Å². The van der Waals surface area contributed by atoms with Gasteiger partial charge in [0.05, 0.1) is 0 Å². The molecule has 0 aliphatic carbocycles. The second kappa shape index (κ2) is 9.65. The fourth-order valence-corrected chi connectivity index (χ4v) is 4.04. The lowest BCUT2D eigenvalue weighted by Gasteiger charge is -2.10. The maximum Gasteiger partial charge on any atom is 0.336 e. The molecule has 35 heavy (non-hydrogen) atoms. The minimum atomic E-state index is -0.610. The third kappa shape index (κ3) is 4.82. The van der Waals surface area contributed by atoms with Crippen LogP contribution in [-0.2, 0) is 16.1 Å². The van der Waals surface area contributed by atoms with Gasteiger partial charge in [-0.15, -0.1) is 0 Å². The summed E-state index contributed by atoms with van der Waals surface area (Å²) < 4.78 is 10.7. The highest BCUT2D eigenvalue weighted by Crippen LogP contribution is 2.27. The van der Waals surface area contributed by atoms with Gasteiger partial charge < -0.3 is 14.5 Å². The van der Waals surface area contributed by atoms with Crippen molar-refractivity contribution < 1.29 is 18.7 Å². The van der Waals surface area contributed by atoms with Crippen LogP contribution in [0.4, 0.5) is 0 Å². The minimum absolute atomic E-state index is 0.114. The van der Waals surface area contributed by atoms with Gasteiger partial charge in [0.25, 0.3) is 5.91 Å². The van der Waals surface area contributed by atoms with Crippen molar-refractivity contribution in [3.8, 4) is 11.1 Å². The van der Waals surface area contributed by atoms with Crippen molar-refractivity contribution in [3.63, 3.8) is 0 Å². The highest BCUT2D eigenvalue weighted by atomic mass is 16.5. The summed E-state index contributed by atoms with van der Waals surface area (Å²) in [6.45, 7) is -0.407. The molecule has 5 rings (SSSR count). The number of hydrogen-bond donors (Lipinski definition) is 1. The number of carbonyl (C=O) groups excluding carboxylic acids is 2. The summed E-state index contributed by atoms with van der Waals surface area (Å²) in [6.07, 6.45) is 0. The highest BCUT2D eigenvalue weighted by molar-refractivity contribution is 6.07. The standard InChI is InChI=1S/C29H21NO5/c31-26-16-23(28-24-9-5-4-8-21(24)14-15-25(28)35-26)18-34-27(32)17-30-29(33)22-12-10-20(11-13-22)19-6-2-1-3-7-19/h1-16H,17-18H2,(H,30,33). The van der Waals surface area contributed by atoms with E-state index in [1.165, 1.54) is 6.07 Å². The summed E-state index contributed by atoms with van der Waals surface area (Å²) in [7, 11) is 0. The predicted molar refractivity (Wildman–Crippen MR) is 134 cm³/mol. The number of ether oxygens (including phenoxy) is 1. The van der Waals surface area contributed by atoms with Gasteiger partial charge in [0.2, 0.25) is 0 Å². The fourth-order valence-electron chi connectivity index (χ4n) is 4.04. The minimum Gasteiger partial charge on any atom is -0.459 e. The lowest BCUT2D eigenvalue weighted by Crippen LogP contribution is -2.30. The molecule has 0 aliphatic heterocycles. The average Bonchev–Trinajstić information content (AvgIpc) is 2.90. The van der Waals surface area contributed by atoms with Gasteiger partial charge >= 0.3 is 11.6 Å². The quantitative estimate of drug-likeness (QED) is 0.215. The molecular weight excluding hydrogens is 442 g/mol. The molecule has 0 saturated carbocycles. The normalized spacial score (nSPS) is 10.9. The van der Waals surface area contributed by atoms with Crippen molar-refractivity contribution in [2.45, 2.75) is 6.61 Å². The Labute approximate surface area is 200 Å². The van der Waals surface area contributed by atoms with Gasteiger partial charge in [-0.1, -0.05) is 72.8 Å². The predicted octanol–water partition coefficient (Wildman–Crippen LogP) is 5.09. The van der Waals surface area contributed by atoms with Crippen molar-refractivity contribution in [1.82, 2.24) is 5.32 Å². The molecule has 0 unspecified atom stereocenters. The van der Waals surface area contributed by atoms with E-state index in [1.54, 1.807) is 18.2 Å². The Morgan fingerprint density at radius 2 is 1.51 bits per heavy atom. The van der Waals surface area contributed by atoms with Crippen molar-refractivity contribution in [1.29, 1.82) is 0 Å². The number of nitrogens with one attached hydrogen (secondary N) is 1. The number of amides is 1. The van der Waals surface area contributed by atoms with Crippen molar-refractivity contribution >= 4 is 33.6 Å². The zero-order chi connectivity index (χ0) is 24.2. The Balaban J connectivity index is 1.24. The number of carbonyl (C=O) groups is 2. The maximum atomic E-state index is 12.5. The van der Waals surface area contributed by atoms with Gasteiger partial charge in [-0.25, -0.2) is 4.79 Å². The molecule has 0 fully saturated rings. The third-order valence-electron chi connectivity index (χ3n) is 5.75. The van der Waals surface area contributed by atoms with Gasteiger partial charge in [0.1, 0.15) is 18.7 Å². The highest BCUT2D eigenvalue weighted by Gasteiger charge is 2.13. The molecule has 1 aromatic heterocycles. The molecule has 0 atom stereocenters. The van der Waals surface area contributed by atoms with Gasteiger partial charge in [0, 0.05) is 22.6 Å². The van der Waals surface area contributed by atoms with Crippen LogP contribution >= 0.6 is 0 Å². The first-order valence-corrected chi connectivity index (χ1v) is 11.1. The second-order valence-electron chi connectivity index (χ2n) is 8.04. The maximum absolute atomic E-state index is 12.5. The molecule has 4 aromatic carbocycles. The molecule has 1 amide bonds. The first-order valence-electron chi connectivity index (χ1n) is 11.1. The van der Waals surface area contributed by atoms with Crippen LogP contribution in [0.25, 0.3) is 32.9 Å². The van der Waals surface area contributed by atoms with Crippen LogP contribution in [0.15, 0.2) is 106 Å². The van der Waals surface area contributed by atoms with Gasteiger partial charge in [-0.2, -0.15) is 0 Å². The fraction of sp³-hybridized carbons (Fsp3) is 0.0690. The lowest BCUT2D eigenvalue weighted by atomic mass is 10.0. The second-order valence-corrected chi connectivity index (χ2v) is 8.04. The van der Waals surface area contributed by atoms with E-state index in [1.807, 2.05) is 72.8 Å². The van der Waals surface area contributed by atoms with Gasteiger partial charge in [-0.3, -0.25) is 9.59 Å². The molecular formula is C29H21NO5. The molecule has 0 spiro atoms. The summed E-state index contributed by atoms with van der Waals surface area (Å²) in [4.78, 5) is 36.8. The molecule has 1 N–H and O–H groups in total. The third-order valence-corrected chi connectivity index (χ3v) is 5.75. The van der Waals surface area contributed by atoms with Crippen LogP contribution in [0.2, 0.25) is 0 Å². The molecule has 0 radical (unpaired) electrons. The van der Waals surface area contributed by atoms with Crippen LogP contribution in [0.1, 0.15) is 15.9 Å². The SMILES string of the molecule is O=C(CNC(=O)c1ccc(-c2ccccc2)cc1)OCc1cc(=O)oc2ccc3ccccc3c12. The Morgan fingerprint density at radius 1 is 0.800 bits per heavy atom. The largest absolute Gasteiger partial charge is 0.459 e. The molecule has 6 heteroatoms. The zero-order valence-electron chi connectivity index (χ0n) is 18.7. The van der Waals surface area contributed by atoms with E-state index in [0.717, 1.165) is 27.3 Å². The van der Waals surface area contributed by atoms with Gasteiger partial charge in [0.15, 0.2) is 0 Å². The molecule has 0 bridgehead atoms. The van der Waals surface area contributed by atoms with Crippen LogP contribution in [-0.4, -0.2) is 18.4 Å². The molecule has 1 heterocycles. The Bertz CT molecular complexity index is 1590. The zero-order valence-corrected chi connectivity index (χ0v) is 18.7. The van der Waals surface area contributed by atoms with Crippen LogP contribution in [0.5, 0.6) is 0 Å². The van der Waals surface area contributed by atoms with E-state index in [4.69, 9.17) is 9.15 Å². The van der Waals surface area contributed by atoms with Crippen molar-refractivity contribution in [2.24, 2.45) is 0 Å². The van der Waals surface area contributed by atoms with E-state index in [9.17, 15) is 14.4 Å². The van der Waals surface area contributed by atoms with Crippen LogP contribution in [0, 0.1) is 0 Å². The average molecular weight is 463 g/mol. The Kier molecular flexibility index (Phi) is 6.09. The van der Waals surface area contributed by atoms with E-state index >= 15 is 0 Å². The molecule has 6 nitrogen and oxygen atoms in total.